The molecule has 106 heavy (non-hydrogen) atoms. The van der Waals surface area contributed by atoms with Gasteiger partial charge in [-0.2, -0.15) is 9.13 Å². The molecule has 7 aromatic heterocycles. The van der Waals surface area contributed by atoms with Crippen molar-refractivity contribution >= 4 is 0 Å². The average molecular weight is 1400 g/mol. The zero-order valence-electron chi connectivity index (χ0n) is 67.3. The van der Waals surface area contributed by atoms with Crippen molar-refractivity contribution in [3.05, 3.63) is 376 Å². The number of pyridine rings is 7. The minimum absolute atomic E-state index is 1.26. The molecule has 7 nitrogen and oxygen atoms in total. The summed E-state index contributed by atoms with van der Waals surface area (Å²) in [6.07, 6.45) is 10.4. The largest absolute Gasteiger partial charge is 0.215 e. The predicted octanol–water partition coefficient (Wildman–Crippen LogP) is 19.9. The van der Waals surface area contributed by atoms with Gasteiger partial charge in [0.1, 0.15) is 49.3 Å². The van der Waals surface area contributed by atoms with Crippen molar-refractivity contribution in [2.45, 2.75) is 104 Å². The number of hydrogen-bond acceptors (Lipinski definition) is 0. The topological polar surface area (TPSA) is 27.2 Å². The highest BCUT2D eigenvalue weighted by Crippen LogP contribution is 2.29. The Morgan fingerprint density at radius 1 is 0.179 bits per heavy atom. The van der Waals surface area contributed by atoms with Crippen LogP contribution < -0.4 is 32.0 Å². The smallest absolute Gasteiger partial charge is 0.201 e. The molecule has 0 radical (unpaired) electrons. The first kappa shape index (κ1) is 80.3. The first-order valence-corrected chi connectivity index (χ1v) is 36.9. The van der Waals surface area contributed by atoms with Crippen molar-refractivity contribution < 1.29 is 32.0 Å². The quantitative estimate of drug-likeness (QED) is 0.142. The number of aromatic nitrogens is 7. The Bertz CT molecular complexity index is 4860. The molecule has 7 heteroatoms. The van der Waals surface area contributed by atoms with Gasteiger partial charge in [-0.3, -0.25) is 0 Å². The summed E-state index contributed by atoms with van der Waals surface area (Å²) in [7, 11) is 14.7. The summed E-state index contributed by atoms with van der Waals surface area (Å²) < 4.78 is 15.3. The van der Waals surface area contributed by atoms with E-state index in [0.29, 0.717) is 0 Å². The second kappa shape index (κ2) is 38.4. The zero-order valence-corrected chi connectivity index (χ0v) is 67.3. The maximum Gasteiger partial charge on any atom is 0.215 e. The lowest BCUT2D eigenvalue weighted by Crippen LogP contribution is -2.35. The molecule has 0 atom stereocenters. The first-order valence-electron chi connectivity index (χ1n) is 36.9. The number of aryl methyl sites for hydroxylation is 20. The minimum atomic E-state index is 1.26. The van der Waals surface area contributed by atoms with Gasteiger partial charge in [0, 0.05) is 126 Å². The van der Waals surface area contributed by atoms with Crippen LogP contribution in [-0.4, -0.2) is 0 Å². The molecule has 0 aliphatic rings. The molecule has 0 aliphatic carbocycles. The van der Waals surface area contributed by atoms with Crippen molar-refractivity contribution in [1.29, 1.82) is 0 Å². The maximum atomic E-state index is 2.26. The van der Waals surface area contributed by atoms with Crippen LogP contribution in [0, 0.1) is 104 Å². The Labute approximate surface area is 635 Å². The third kappa shape index (κ3) is 20.9. The Kier molecular flexibility index (Phi) is 29.1. The van der Waals surface area contributed by atoms with Gasteiger partial charge in [0.2, 0.25) is 39.9 Å². The van der Waals surface area contributed by atoms with Gasteiger partial charge in [-0.1, -0.05) is 126 Å². The minimum Gasteiger partial charge on any atom is -0.201 e. The highest BCUT2D eigenvalue weighted by Gasteiger charge is 2.20. The van der Waals surface area contributed by atoms with Crippen LogP contribution in [0.1, 0.15) is 83.7 Å². The normalized spacial score (nSPS) is 10.4. The van der Waals surface area contributed by atoms with Crippen molar-refractivity contribution in [2.75, 3.05) is 0 Å². The molecule has 14 aromatic rings. The van der Waals surface area contributed by atoms with Crippen molar-refractivity contribution in [3.8, 4) is 78.8 Å². The lowest BCUT2D eigenvalue weighted by molar-refractivity contribution is -0.667. The molecule has 0 saturated carbocycles. The molecule has 14 rings (SSSR count). The van der Waals surface area contributed by atoms with Crippen molar-refractivity contribution in [3.63, 3.8) is 0 Å². The Morgan fingerprint density at radius 2 is 0.472 bits per heavy atom. The van der Waals surface area contributed by atoms with Crippen LogP contribution in [0.15, 0.2) is 292 Å². The van der Waals surface area contributed by atoms with E-state index in [1.807, 2.05) is 0 Å². The van der Waals surface area contributed by atoms with E-state index >= 15 is 0 Å². The average Bonchev–Trinajstić information content (AvgIpc) is 0.949. The van der Waals surface area contributed by atoms with E-state index < -0.39 is 0 Å². The van der Waals surface area contributed by atoms with E-state index in [0.717, 1.165) is 0 Å². The fraction of sp³-hybridized carbons (Fsp3) is 0.222. The number of nitrogens with zero attached hydrogens (tertiary/aromatic N) is 7. The molecule has 538 valence electrons. The Morgan fingerprint density at radius 3 is 0.868 bits per heavy atom. The van der Waals surface area contributed by atoms with Crippen LogP contribution in [0.25, 0.3) is 78.8 Å². The van der Waals surface area contributed by atoms with Gasteiger partial charge in [-0.15, -0.1) is 0 Å². The molecular formula is C99H114N7+7. The van der Waals surface area contributed by atoms with Gasteiger partial charge >= 0.3 is 0 Å². The van der Waals surface area contributed by atoms with Crippen LogP contribution >= 0.6 is 0 Å². The second-order valence-electron chi connectivity index (χ2n) is 28.2. The molecule has 0 saturated heterocycles. The van der Waals surface area contributed by atoms with Gasteiger partial charge in [0.05, 0.1) is 11.1 Å². The van der Waals surface area contributed by atoms with Gasteiger partial charge < -0.3 is 0 Å². The van der Waals surface area contributed by atoms with E-state index in [2.05, 4.69) is 477 Å². The Hall–Kier alpha value is -11.4. The SMILES string of the molecule is Cc1ccc(C)c(-c2cccc[n+]2C)c1.Cc1ccc(C)c(-c2cccc[n+]2C)c1.Cc1cccc(C)c1-c1cccc[n+]1C.Cc1cccc(C)c1-c1cccc[n+]1C.Cc1ccccc1-c1c(C)ccc(C)[n+]1C.Cc1ccccc1-c1c(C)ccc[n+]1C.Cc1ccccc1-c1cccc(C)[n+]1C. The summed E-state index contributed by atoms with van der Waals surface area (Å²) in [6, 6.07) is 91.7. The van der Waals surface area contributed by atoms with Crippen molar-refractivity contribution in [2.24, 2.45) is 49.3 Å². The standard InChI is InChI=1S/C15H18N.6C14H16N/c1-11-7-5-6-8-14(11)15-12(2)9-10-13(3)16(15)4;2*1-11-7-6-8-12(2)14(11)13-9-4-5-10-15(13)3;1-11-7-4-5-9-13(11)14-12(2)8-6-10-15(14)3;1-11-7-4-5-9-13(11)14-10-6-8-12(2)15(14)3;2*1-11-7-8-12(2)13(10-11)14-6-4-5-9-15(14)3/h5-10H,1-4H3;6*4-10H,1-3H3/q7*+1. The first-order chi connectivity index (χ1) is 50.8. The predicted molar refractivity (Wildman–Crippen MR) is 442 cm³/mol. The van der Waals surface area contributed by atoms with Crippen LogP contribution in [0.5, 0.6) is 0 Å². The zero-order chi connectivity index (χ0) is 76.7. The van der Waals surface area contributed by atoms with E-state index in [9.17, 15) is 0 Å². The van der Waals surface area contributed by atoms with Gasteiger partial charge in [0.15, 0.2) is 42.4 Å². The molecule has 0 fully saturated rings. The number of hydrogen-bond donors (Lipinski definition) is 0. The van der Waals surface area contributed by atoms with E-state index in [4.69, 9.17) is 0 Å². The van der Waals surface area contributed by atoms with Crippen LogP contribution in [-0.2, 0) is 49.3 Å². The molecule has 7 aromatic carbocycles. The summed E-state index contributed by atoms with van der Waals surface area (Å²) >= 11 is 0. The summed E-state index contributed by atoms with van der Waals surface area (Å²) in [5.74, 6) is 0. The van der Waals surface area contributed by atoms with E-state index in [-0.39, 0.29) is 0 Å². The van der Waals surface area contributed by atoms with Crippen LogP contribution in [0.3, 0.4) is 0 Å². The fourth-order valence-electron chi connectivity index (χ4n) is 13.6. The molecule has 0 spiro atoms. The summed E-state index contributed by atoms with van der Waals surface area (Å²) in [6.45, 7) is 32.3. The maximum absolute atomic E-state index is 2.26. The lowest BCUT2D eigenvalue weighted by Gasteiger charge is -2.08. The van der Waals surface area contributed by atoms with Gasteiger partial charge in [0.25, 0.3) is 0 Å². The molecule has 0 unspecified atom stereocenters. The highest BCUT2D eigenvalue weighted by atomic mass is 15.0. The molecule has 0 bridgehead atoms. The number of benzene rings is 7. The lowest BCUT2D eigenvalue weighted by atomic mass is 9.99. The summed E-state index contributed by atoms with van der Waals surface area (Å²) in [5.41, 5.74) is 38.0. The second-order valence-corrected chi connectivity index (χ2v) is 28.2. The molecule has 7 heterocycles. The third-order valence-electron chi connectivity index (χ3n) is 19.9. The highest BCUT2D eigenvalue weighted by molar-refractivity contribution is 5.68. The molecule has 0 aliphatic heterocycles. The van der Waals surface area contributed by atoms with Crippen LogP contribution in [0.2, 0.25) is 0 Å². The number of rotatable bonds is 7. The summed E-state index contributed by atoms with van der Waals surface area (Å²) in [4.78, 5) is 0. The van der Waals surface area contributed by atoms with Crippen molar-refractivity contribution in [1.82, 2.24) is 0 Å². The molecule has 0 amide bonds. The van der Waals surface area contributed by atoms with Gasteiger partial charge in [-0.05, 0) is 213 Å². The van der Waals surface area contributed by atoms with Crippen LogP contribution in [0.4, 0.5) is 0 Å². The van der Waals surface area contributed by atoms with E-state index in [1.54, 1.807) is 0 Å². The summed E-state index contributed by atoms with van der Waals surface area (Å²) in [5, 5.41) is 0. The Balaban J connectivity index is 0.000000156. The third-order valence-corrected chi connectivity index (χ3v) is 19.9. The monoisotopic (exact) mass is 1400 g/mol. The molecule has 0 N–H and O–H groups in total. The molecular weight excluding hydrogens is 1290 g/mol. The van der Waals surface area contributed by atoms with E-state index in [1.165, 1.54) is 163 Å². The fourth-order valence-corrected chi connectivity index (χ4v) is 13.6. The van der Waals surface area contributed by atoms with Gasteiger partial charge in [-0.25, -0.2) is 22.8 Å².